The van der Waals surface area contributed by atoms with Crippen LogP contribution in [0.2, 0.25) is 5.02 Å². The molecule has 0 radical (unpaired) electrons. The summed E-state index contributed by atoms with van der Waals surface area (Å²) in [6.07, 6.45) is 3.34. The molecule has 30 heavy (non-hydrogen) atoms. The number of aromatic nitrogens is 4. The highest BCUT2D eigenvalue weighted by molar-refractivity contribution is 8.00. The summed E-state index contributed by atoms with van der Waals surface area (Å²) in [7, 11) is 0. The smallest absolute Gasteiger partial charge is 0.318 e. The van der Waals surface area contributed by atoms with Gasteiger partial charge in [0.15, 0.2) is 11.0 Å². The third-order valence-electron chi connectivity index (χ3n) is 4.39. The van der Waals surface area contributed by atoms with Crippen LogP contribution in [0.5, 0.6) is 0 Å². The lowest BCUT2D eigenvalue weighted by Gasteiger charge is -2.20. The van der Waals surface area contributed by atoms with Crippen molar-refractivity contribution in [2.45, 2.75) is 31.2 Å². The predicted molar refractivity (Wildman–Crippen MR) is 117 cm³/mol. The quantitative estimate of drug-likeness (QED) is 0.561. The van der Waals surface area contributed by atoms with Crippen LogP contribution in [0.3, 0.4) is 0 Å². The Balaban J connectivity index is 2.13. The van der Waals surface area contributed by atoms with Crippen LogP contribution >= 0.6 is 23.4 Å². The van der Waals surface area contributed by atoms with E-state index in [4.69, 9.17) is 17.3 Å². The maximum atomic E-state index is 12.5. The normalized spacial score (nSPS) is 12.0. The third-order valence-corrected chi connectivity index (χ3v) is 6.29. The summed E-state index contributed by atoms with van der Waals surface area (Å²) >= 11 is 7.57. The number of nitrogens with zero attached hydrogens (tertiary/aromatic N) is 4. The first-order valence-electron chi connectivity index (χ1n) is 9.17. The van der Waals surface area contributed by atoms with Gasteiger partial charge in [-0.3, -0.25) is 19.7 Å². The number of nitrogens with two attached hydrogens (primary N) is 1. The molecular weight excluding hydrogens is 424 g/mol. The second-order valence-electron chi connectivity index (χ2n) is 6.90. The Morgan fingerprint density at radius 3 is 2.50 bits per heavy atom. The Hall–Kier alpha value is -2.91. The van der Waals surface area contributed by atoms with E-state index in [0.29, 0.717) is 16.0 Å². The SMILES string of the molecule is Cc1c(Cl)cccc1-n1c(SC(C(=O)NC(N)=O)C(C)C)nnc1-c1ccncc1. The average molecular weight is 445 g/mol. The number of hydrogen-bond donors (Lipinski definition) is 2. The summed E-state index contributed by atoms with van der Waals surface area (Å²) in [4.78, 5) is 27.8. The largest absolute Gasteiger partial charge is 0.351 e. The van der Waals surface area contributed by atoms with Gasteiger partial charge in [0.2, 0.25) is 5.91 Å². The molecule has 1 unspecified atom stereocenters. The standard InChI is InChI=1S/C20H21ClN6O2S/c1-11(2)16(18(28)24-19(22)29)30-20-26-25-17(13-7-9-23-10-8-13)27(20)15-6-4-5-14(21)12(15)3/h4-11,16H,1-3H3,(H3,22,24,28,29). The highest BCUT2D eigenvalue weighted by Gasteiger charge is 2.28. The fourth-order valence-corrected chi connectivity index (χ4v) is 4.10. The maximum Gasteiger partial charge on any atom is 0.318 e. The summed E-state index contributed by atoms with van der Waals surface area (Å²) in [5.41, 5.74) is 7.58. The van der Waals surface area contributed by atoms with E-state index in [9.17, 15) is 9.59 Å². The molecule has 1 atom stereocenters. The fraction of sp³-hybridized carbons (Fsp3) is 0.250. The molecule has 1 aromatic carbocycles. The third kappa shape index (κ3) is 4.63. The molecule has 0 spiro atoms. The summed E-state index contributed by atoms with van der Waals surface area (Å²) in [6, 6.07) is 8.32. The second kappa shape index (κ2) is 9.27. The van der Waals surface area contributed by atoms with E-state index in [1.54, 1.807) is 18.5 Å². The Bertz CT molecular complexity index is 1070. The lowest BCUT2D eigenvalue weighted by molar-refractivity contribution is -0.120. The molecule has 3 N–H and O–H groups in total. The van der Waals surface area contributed by atoms with Gasteiger partial charge in [0.25, 0.3) is 0 Å². The van der Waals surface area contributed by atoms with Crippen molar-refractivity contribution >= 4 is 35.3 Å². The van der Waals surface area contributed by atoms with Crippen molar-refractivity contribution in [3.8, 4) is 17.1 Å². The van der Waals surface area contributed by atoms with Gasteiger partial charge < -0.3 is 5.73 Å². The van der Waals surface area contributed by atoms with E-state index in [0.717, 1.165) is 16.8 Å². The Labute approximate surface area is 183 Å². The molecule has 3 rings (SSSR count). The highest BCUT2D eigenvalue weighted by Crippen LogP contribution is 2.34. The van der Waals surface area contributed by atoms with Crippen LogP contribution in [-0.4, -0.2) is 36.9 Å². The number of carbonyl (C=O) groups is 2. The van der Waals surface area contributed by atoms with Gasteiger partial charge in [-0.05, 0) is 42.7 Å². The monoisotopic (exact) mass is 444 g/mol. The molecule has 0 aliphatic heterocycles. The van der Waals surface area contributed by atoms with E-state index in [2.05, 4.69) is 20.5 Å². The molecule has 0 aliphatic rings. The zero-order valence-corrected chi connectivity index (χ0v) is 18.2. The number of pyridine rings is 1. The van der Waals surface area contributed by atoms with Crippen LogP contribution < -0.4 is 11.1 Å². The lowest BCUT2D eigenvalue weighted by Crippen LogP contribution is -2.42. The van der Waals surface area contributed by atoms with Gasteiger partial charge in [-0.25, -0.2) is 4.79 Å². The van der Waals surface area contributed by atoms with E-state index < -0.39 is 17.2 Å². The van der Waals surface area contributed by atoms with Crippen molar-refractivity contribution in [3.05, 3.63) is 53.3 Å². The van der Waals surface area contributed by atoms with Crippen LogP contribution in [0.1, 0.15) is 19.4 Å². The minimum Gasteiger partial charge on any atom is -0.351 e. The van der Waals surface area contributed by atoms with E-state index in [-0.39, 0.29) is 5.92 Å². The Kier molecular flexibility index (Phi) is 6.73. The Morgan fingerprint density at radius 1 is 1.17 bits per heavy atom. The Morgan fingerprint density at radius 2 is 1.87 bits per heavy atom. The summed E-state index contributed by atoms with van der Waals surface area (Å²) in [6.45, 7) is 5.67. The topological polar surface area (TPSA) is 116 Å². The van der Waals surface area contributed by atoms with E-state index in [1.165, 1.54) is 11.8 Å². The number of primary amides is 1. The van der Waals surface area contributed by atoms with Crippen LogP contribution in [0.15, 0.2) is 47.9 Å². The zero-order valence-electron chi connectivity index (χ0n) is 16.7. The van der Waals surface area contributed by atoms with Gasteiger partial charge in [0.1, 0.15) is 0 Å². The molecule has 3 aromatic rings. The predicted octanol–water partition coefficient (Wildman–Crippen LogP) is 3.60. The molecule has 2 aromatic heterocycles. The number of imide groups is 1. The number of amides is 3. The number of urea groups is 1. The highest BCUT2D eigenvalue weighted by atomic mass is 35.5. The summed E-state index contributed by atoms with van der Waals surface area (Å²) < 4.78 is 1.86. The molecule has 10 heteroatoms. The van der Waals surface area contributed by atoms with Crippen LogP contribution in [-0.2, 0) is 4.79 Å². The molecule has 3 amide bonds. The minimum atomic E-state index is -0.893. The van der Waals surface area contributed by atoms with Crippen LogP contribution in [0.25, 0.3) is 17.1 Å². The molecular formula is C20H21ClN6O2S. The second-order valence-corrected chi connectivity index (χ2v) is 8.41. The number of rotatable bonds is 6. The number of carbonyl (C=O) groups excluding carboxylic acids is 2. The van der Waals surface area contributed by atoms with Gasteiger partial charge in [0.05, 0.1) is 10.9 Å². The van der Waals surface area contributed by atoms with Crippen molar-refractivity contribution in [1.29, 1.82) is 0 Å². The van der Waals surface area contributed by atoms with E-state index in [1.807, 2.05) is 49.6 Å². The first-order valence-corrected chi connectivity index (χ1v) is 10.4. The molecule has 0 aliphatic carbocycles. The van der Waals surface area contributed by atoms with Gasteiger partial charge in [-0.2, -0.15) is 0 Å². The fourth-order valence-electron chi connectivity index (χ4n) is 2.89. The van der Waals surface area contributed by atoms with Crippen molar-refractivity contribution < 1.29 is 9.59 Å². The molecule has 2 heterocycles. The minimum absolute atomic E-state index is 0.0932. The van der Waals surface area contributed by atoms with Gasteiger partial charge >= 0.3 is 6.03 Å². The van der Waals surface area contributed by atoms with E-state index >= 15 is 0 Å². The number of halogens is 1. The zero-order chi connectivity index (χ0) is 21.8. The number of hydrogen-bond acceptors (Lipinski definition) is 6. The van der Waals surface area contributed by atoms with Crippen LogP contribution in [0.4, 0.5) is 4.79 Å². The molecule has 8 nitrogen and oxygen atoms in total. The van der Waals surface area contributed by atoms with Gasteiger partial charge in [-0.15, -0.1) is 10.2 Å². The van der Waals surface area contributed by atoms with Crippen molar-refractivity contribution in [3.63, 3.8) is 0 Å². The molecule has 0 saturated heterocycles. The van der Waals surface area contributed by atoms with Crippen molar-refractivity contribution in [2.24, 2.45) is 11.7 Å². The first-order chi connectivity index (χ1) is 14.3. The number of nitrogens with one attached hydrogen (secondary N) is 1. The van der Waals surface area contributed by atoms with Gasteiger partial charge in [0, 0.05) is 23.0 Å². The lowest BCUT2D eigenvalue weighted by atomic mass is 10.1. The first kappa shape index (κ1) is 21.8. The van der Waals surface area contributed by atoms with Crippen LogP contribution in [0, 0.1) is 12.8 Å². The molecule has 0 bridgehead atoms. The molecule has 0 saturated carbocycles. The maximum absolute atomic E-state index is 12.5. The van der Waals surface area contributed by atoms with Crippen molar-refractivity contribution in [2.75, 3.05) is 0 Å². The number of benzene rings is 1. The van der Waals surface area contributed by atoms with Crippen molar-refractivity contribution in [1.82, 2.24) is 25.1 Å². The molecule has 156 valence electrons. The molecule has 0 fully saturated rings. The summed E-state index contributed by atoms with van der Waals surface area (Å²) in [5, 5.41) is 11.3. The average Bonchev–Trinajstić information content (AvgIpc) is 3.11. The summed E-state index contributed by atoms with van der Waals surface area (Å²) in [5.74, 6) is 0.0118. The van der Waals surface area contributed by atoms with Gasteiger partial charge in [-0.1, -0.05) is 43.3 Å². The number of thioether (sulfide) groups is 1.